The third-order valence-corrected chi connectivity index (χ3v) is 5.35. The molecule has 110 valence electrons. The Morgan fingerprint density at radius 2 is 1.85 bits per heavy atom. The Morgan fingerprint density at radius 1 is 1.10 bits per heavy atom. The van der Waals surface area contributed by atoms with E-state index in [9.17, 15) is 0 Å². The summed E-state index contributed by atoms with van der Waals surface area (Å²) in [5.41, 5.74) is 1.28. The summed E-state index contributed by atoms with van der Waals surface area (Å²) in [7, 11) is 0. The summed E-state index contributed by atoms with van der Waals surface area (Å²) in [6.07, 6.45) is 7.53. The van der Waals surface area contributed by atoms with Crippen molar-refractivity contribution >= 4 is 11.8 Å². The van der Waals surface area contributed by atoms with Crippen molar-refractivity contribution in [3.63, 3.8) is 0 Å². The maximum Gasteiger partial charge on any atom is 0.161 e. The van der Waals surface area contributed by atoms with Gasteiger partial charge in [0.05, 0.1) is 0 Å². The van der Waals surface area contributed by atoms with Crippen LogP contribution in [-0.2, 0) is 6.54 Å². The molecule has 1 aliphatic heterocycles. The fourth-order valence-electron chi connectivity index (χ4n) is 2.96. The lowest BCUT2D eigenvalue weighted by Gasteiger charge is -2.28. The van der Waals surface area contributed by atoms with Crippen LogP contribution in [0.4, 0.5) is 0 Å². The zero-order chi connectivity index (χ0) is 13.8. The first-order valence-electron chi connectivity index (χ1n) is 7.50. The maximum atomic E-state index is 5.63. The Bertz CT molecular complexity index is 444. The lowest BCUT2D eigenvalue weighted by molar-refractivity contribution is 0.171. The predicted molar refractivity (Wildman–Crippen MR) is 83.8 cm³/mol. The first-order valence-corrected chi connectivity index (χ1v) is 8.78. The average Bonchev–Trinajstić information content (AvgIpc) is 2.53. The van der Waals surface area contributed by atoms with Crippen LogP contribution in [0.5, 0.6) is 11.5 Å². The molecule has 4 heteroatoms. The number of nitrogens with one attached hydrogen (secondary N) is 1. The van der Waals surface area contributed by atoms with Crippen LogP contribution >= 0.6 is 11.8 Å². The molecule has 3 rings (SSSR count). The van der Waals surface area contributed by atoms with Gasteiger partial charge in [-0.15, -0.1) is 0 Å². The van der Waals surface area contributed by atoms with Crippen LogP contribution < -0.4 is 14.8 Å². The number of hydrogen-bond donors (Lipinski definition) is 1. The van der Waals surface area contributed by atoms with Gasteiger partial charge in [0.1, 0.15) is 13.2 Å². The Balaban J connectivity index is 1.51. The third kappa shape index (κ3) is 3.41. The number of hydrogen-bond acceptors (Lipinski definition) is 4. The molecule has 0 spiro atoms. The Hall–Kier alpha value is -0.870. The second-order valence-corrected chi connectivity index (χ2v) is 6.71. The molecule has 1 saturated carbocycles. The molecule has 1 aromatic carbocycles. The highest BCUT2D eigenvalue weighted by molar-refractivity contribution is 7.99. The van der Waals surface area contributed by atoms with Gasteiger partial charge >= 0.3 is 0 Å². The van der Waals surface area contributed by atoms with Crippen LogP contribution in [0, 0.1) is 0 Å². The van der Waals surface area contributed by atoms with Gasteiger partial charge in [-0.3, -0.25) is 0 Å². The van der Waals surface area contributed by atoms with Gasteiger partial charge in [0, 0.05) is 17.8 Å². The monoisotopic (exact) mass is 293 g/mol. The minimum atomic E-state index is 0.655. The first kappa shape index (κ1) is 14.1. The van der Waals surface area contributed by atoms with Crippen LogP contribution in [0.1, 0.15) is 31.2 Å². The minimum Gasteiger partial charge on any atom is -0.486 e. The zero-order valence-electron chi connectivity index (χ0n) is 12.1. The van der Waals surface area contributed by atoms with E-state index in [1.165, 1.54) is 31.2 Å². The van der Waals surface area contributed by atoms with Crippen LogP contribution in [-0.4, -0.2) is 30.8 Å². The van der Waals surface area contributed by atoms with Crippen LogP contribution in [0.15, 0.2) is 18.2 Å². The molecule has 1 heterocycles. The number of benzene rings is 1. The highest BCUT2D eigenvalue weighted by atomic mass is 32.2. The molecule has 20 heavy (non-hydrogen) atoms. The minimum absolute atomic E-state index is 0.655. The highest BCUT2D eigenvalue weighted by Gasteiger charge is 2.20. The lowest BCUT2D eigenvalue weighted by Crippen LogP contribution is -2.33. The van der Waals surface area contributed by atoms with Crippen molar-refractivity contribution in [1.82, 2.24) is 5.32 Å². The van der Waals surface area contributed by atoms with E-state index in [1.807, 2.05) is 17.8 Å². The molecule has 0 atom stereocenters. The SMILES string of the molecule is CSC1CCC(NCc2ccc3c(c2)OCCO3)CC1. The van der Waals surface area contributed by atoms with Gasteiger partial charge in [-0.1, -0.05) is 6.07 Å². The summed E-state index contributed by atoms with van der Waals surface area (Å²) in [4.78, 5) is 0. The largest absolute Gasteiger partial charge is 0.486 e. The number of rotatable bonds is 4. The number of thioether (sulfide) groups is 1. The summed E-state index contributed by atoms with van der Waals surface area (Å²) in [6, 6.07) is 6.94. The van der Waals surface area contributed by atoms with Crippen LogP contribution in [0.3, 0.4) is 0 Å². The van der Waals surface area contributed by atoms with Gasteiger partial charge in [-0.25, -0.2) is 0 Å². The van der Waals surface area contributed by atoms with Gasteiger partial charge in [-0.2, -0.15) is 11.8 Å². The molecule has 0 saturated heterocycles. The molecule has 0 aromatic heterocycles. The molecule has 0 bridgehead atoms. The maximum absolute atomic E-state index is 5.63. The lowest BCUT2D eigenvalue weighted by atomic mass is 9.95. The summed E-state index contributed by atoms with van der Waals surface area (Å²) >= 11 is 2.02. The van der Waals surface area contributed by atoms with Crippen molar-refractivity contribution in [2.24, 2.45) is 0 Å². The molecular weight excluding hydrogens is 270 g/mol. The molecule has 3 nitrogen and oxygen atoms in total. The first-order chi connectivity index (χ1) is 9.85. The Kier molecular flexibility index (Phi) is 4.73. The standard InChI is InChI=1S/C16H23NO2S/c1-20-14-5-3-13(4-6-14)17-11-12-2-7-15-16(10-12)19-9-8-18-15/h2,7,10,13-14,17H,3-6,8-9,11H2,1H3. The van der Waals surface area contributed by atoms with Crippen molar-refractivity contribution < 1.29 is 9.47 Å². The molecule has 0 amide bonds. The Labute approximate surface area is 125 Å². The van der Waals surface area contributed by atoms with Crippen LogP contribution in [0.25, 0.3) is 0 Å². The molecule has 0 unspecified atom stereocenters. The average molecular weight is 293 g/mol. The van der Waals surface area contributed by atoms with E-state index in [2.05, 4.69) is 23.7 Å². The second-order valence-electron chi connectivity index (χ2n) is 5.57. The van der Waals surface area contributed by atoms with E-state index < -0.39 is 0 Å². The number of fused-ring (bicyclic) bond motifs is 1. The van der Waals surface area contributed by atoms with Gasteiger partial charge in [0.2, 0.25) is 0 Å². The van der Waals surface area contributed by atoms with E-state index in [4.69, 9.17) is 9.47 Å². The Morgan fingerprint density at radius 3 is 2.60 bits per heavy atom. The summed E-state index contributed by atoms with van der Waals surface area (Å²) in [5, 5.41) is 4.56. The van der Waals surface area contributed by atoms with Gasteiger partial charge in [-0.05, 0) is 49.6 Å². The van der Waals surface area contributed by atoms with Gasteiger partial charge in [0.15, 0.2) is 11.5 Å². The highest BCUT2D eigenvalue weighted by Crippen LogP contribution is 2.31. The van der Waals surface area contributed by atoms with E-state index in [-0.39, 0.29) is 0 Å². The molecular formula is C16H23NO2S. The van der Waals surface area contributed by atoms with Gasteiger partial charge < -0.3 is 14.8 Å². The molecule has 1 aliphatic carbocycles. The molecule has 0 radical (unpaired) electrons. The van der Waals surface area contributed by atoms with E-state index in [0.29, 0.717) is 19.3 Å². The van der Waals surface area contributed by atoms with Crippen molar-refractivity contribution in [2.45, 2.75) is 43.5 Å². The summed E-state index contributed by atoms with van der Waals surface area (Å²) < 4.78 is 11.2. The van der Waals surface area contributed by atoms with Crippen molar-refractivity contribution in [1.29, 1.82) is 0 Å². The second kappa shape index (κ2) is 6.72. The fourth-order valence-corrected chi connectivity index (χ4v) is 3.71. The third-order valence-electron chi connectivity index (χ3n) is 4.21. The molecule has 2 aliphatic rings. The molecule has 1 N–H and O–H groups in total. The summed E-state index contributed by atoms with van der Waals surface area (Å²) in [5.74, 6) is 1.77. The van der Waals surface area contributed by atoms with Gasteiger partial charge in [0.25, 0.3) is 0 Å². The van der Waals surface area contributed by atoms with Crippen molar-refractivity contribution in [3.8, 4) is 11.5 Å². The predicted octanol–water partition coefficient (Wildman–Crippen LogP) is 3.22. The van der Waals surface area contributed by atoms with E-state index in [0.717, 1.165) is 23.3 Å². The van der Waals surface area contributed by atoms with Crippen LogP contribution in [0.2, 0.25) is 0 Å². The van der Waals surface area contributed by atoms with Crippen molar-refractivity contribution in [3.05, 3.63) is 23.8 Å². The van der Waals surface area contributed by atoms with Crippen molar-refractivity contribution in [2.75, 3.05) is 19.5 Å². The zero-order valence-corrected chi connectivity index (χ0v) is 12.9. The van der Waals surface area contributed by atoms with E-state index >= 15 is 0 Å². The number of ether oxygens (including phenoxy) is 2. The van der Waals surface area contributed by atoms with E-state index in [1.54, 1.807) is 0 Å². The smallest absolute Gasteiger partial charge is 0.161 e. The topological polar surface area (TPSA) is 30.5 Å². The normalized spacial score (nSPS) is 25.4. The quantitative estimate of drug-likeness (QED) is 0.923. The molecule has 1 fully saturated rings. The fraction of sp³-hybridized carbons (Fsp3) is 0.625. The molecule has 1 aromatic rings. The summed E-state index contributed by atoms with van der Waals surface area (Å²) in [6.45, 7) is 2.23.